The molecule has 1 heterocycles. The maximum Gasteiger partial charge on any atom is 0.508 e. The zero-order valence-electron chi connectivity index (χ0n) is 12.1. The highest BCUT2D eigenvalue weighted by Crippen LogP contribution is 2.28. The zero-order chi connectivity index (χ0) is 16.9. The first kappa shape index (κ1) is 17.7. The summed E-state index contributed by atoms with van der Waals surface area (Å²) in [5, 5.41) is 8.66. The molecule has 0 aromatic rings. The molecule has 0 bridgehead atoms. The van der Waals surface area contributed by atoms with Gasteiger partial charge in [-0.15, -0.1) is 0 Å². The molecule has 10 nitrogen and oxygen atoms in total. The fourth-order valence-corrected chi connectivity index (χ4v) is 1.87. The third-order valence-electron chi connectivity index (χ3n) is 2.54. The molecule has 1 rings (SSSR count). The molecule has 0 aromatic carbocycles. The van der Waals surface area contributed by atoms with E-state index in [9.17, 15) is 19.2 Å². The molecule has 1 saturated heterocycles. The molecular weight excluding hydrogens is 304 g/mol. The number of hydrogen-bond donors (Lipinski definition) is 1. The van der Waals surface area contributed by atoms with Crippen LogP contribution in [0.15, 0.2) is 0 Å². The molecule has 22 heavy (non-hydrogen) atoms. The highest BCUT2D eigenvalue weighted by Gasteiger charge is 2.51. The average molecular weight is 320 g/mol. The van der Waals surface area contributed by atoms with Crippen LogP contribution in [-0.2, 0) is 38.1 Å². The molecule has 1 aliphatic heterocycles. The number of carboxylic acid groups (broad SMARTS) is 1. The van der Waals surface area contributed by atoms with E-state index in [0.717, 1.165) is 20.8 Å². The number of esters is 3. The zero-order valence-corrected chi connectivity index (χ0v) is 12.1. The van der Waals surface area contributed by atoms with Gasteiger partial charge in [0.25, 0.3) is 0 Å². The van der Waals surface area contributed by atoms with Crippen molar-refractivity contribution in [1.29, 1.82) is 0 Å². The number of hydrogen-bond acceptors (Lipinski definition) is 9. The molecule has 0 radical (unpaired) electrons. The fourth-order valence-electron chi connectivity index (χ4n) is 1.87. The summed E-state index contributed by atoms with van der Waals surface area (Å²) in [4.78, 5) is 43.8. The molecule has 10 heteroatoms. The molecule has 4 unspecified atom stereocenters. The van der Waals surface area contributed by atoms with Crippen molar-refractivity contribution in [2.45, 2.75) is 45.4 Å². The van der Waals surface area contributed by atoms with Crippen molar-refractivity contribution in [3.05, 3.63) is 0 Å². The van der Waals surface area contributed by atoms with Gasteiger partial charge in [-0.2, -0.15) is 0 Å². The lowest BCUT2D eigenvalue weighted by atomic mass is 10.1. The molecular formula is C12H16O10. The van der Waals surface area contributed by atoms with Gasteiger partial charge in [0.05, 0.1) is 0 Å². The third kappa shape index (κ3) is 5.20. The van der Waals surface area contributed by atoms with Crippen molar-refractivity contribution in [3.8, 4) is 0 Å². The molecule has 1 fully saturated rings. The van der Waals surface area contributed by atoms with Gasteiger partial charge in [0, 0.05) is 20.8 Å². The first-order valence-corrected chi connectivity index (χ1v) is 6.23. The summed E-state index contributed by atoms with van der Waals surface area (Å²) < 4.78 is 24.3. The lowest BCUT2D eigenvalue weighted by Crippen LogP contribution is -2.42. The average Bonchev–Trinajstić information content (AvgIpc) is 2.63. The van der Waals surface area contributed by atoms with E-state index in [1.165, 1.54) is 0 Å². The van der Waals surface area contributed by atoms with Crippen LogP contribution in [0.5, 0.6) is 0 Å². The molecule has 1 aliphatic rings. The highest BCUT2D eigenvalue weighted by atomic mass is 16.8. The van der Waals surface area contributed by atoms with E-state index in [4.69, 9.17) is 24.1 Å². The normalized spacial score (nSPS) is 26.9. The second-order valence-corrected chi connectivity index (χ2v) is 4.38. The Kier molecular flexibility index (Phi) is 6.11. The molecule has 0 spiro atoms. The van der Waals surface area contributed by atoms with Crippen LogP contribution < -0.4 is 0 Å². The van der Waals surface area contributed by atoms with Crippen LogP contribution >= 0.6 is 0 Å². The summed E-state index contributed by atoms with van der Waals surface area (Å²) >= 11 is 0. The van der Waals surface area contributed by atoms with Gasteiger partial charge in [-0.25, -0.2) is 4.79 Å². The van der Waals surface area contributed by atoms with Gasteiger partial charge in [0.15, 0.2) is 6.10 Å². The second-order valence-electron chi connectivity index (χ2n) is 4.38. The van der Waals surface area contributed by atoms with Gasteiger partial charge >= 0.3 is 24.1 Å². The van der Waals surface area contributed by atoms with E-state index in [1.807, 2.05) is 0 Å². The van der Waals surface area contributed by atoms with Gasteiger partial charge in [0.2, 0.25) is 12.4 Å². The second kappa shape index (κ2) is 7.59. The van der Waals surface area contributed by atoms with E-state index in [1.54, 1.807) is 0 Å². The van der Waals surface area contributed by atoms with Crippen LogP contribution in [0.3, 0.4) is 0 Å². The van der Waals surface area contributed by atoms with Crippen molar-refractivity contribution in [3.63, 3.8) is 0 Å². The van der Waals surface area contributed by atoms with Crippen molar-refractivity contribution < 1.29 is 48.0 Å². The van der Waals surface area contributed by atoms with Crippen LogP contribution in [0.4, 0.5) is 4.79 Å². The van der Waals surface area contributed by atoms with Gasteiger partial charge in [-0.1, -0.05) is 0 Å². The summed E-state index contributed by atoms with van der Waals surface area (Å²) in [5.41, 5.74) is 0. The largest absolute Gasteiger partial charge is 0.508 e. The fraction of sp³-hybridized carbons (Fsp3) is 0.667. The van der Waals surface area contributed by atoms with Gasteiger partial charge < -0.3 is 28.8 Å². The van der Waals surface area contributed by atoms with Crippen molar-refractivity contribution in [2.24, 2.45) is 0 Å². The first-order valence-electron chi connectivity index (χ1n) is 6.23. The van der Waals surface area contributed by atoms with E-state index in [0.29, 0.717) is 0 Å². The van der Waals surface area contributed by atoms with Crippen LogP contribution in [0.25, 0.3) is 0 Å². The SMILES string of the molecule is CC(=O)OCC1OC(OC(=O)O)C(OC(C)=O)C1OC(C)=O. The van der Waals surface area contributed by atoms with Crippen molar-refractivity contribution >= 4 is 24.1 Å². The molecule has 0 aliphatic carbocycles. The topological polar surface area (TPSA) is 135 Å². The summed E-state index contributed by atoms with van der Waals surface area (Å²) in [6.45, 7) is 3.02. The summed E-state index contributed by atoms with van der Waals surface area (Å²) in [5.74, 6) is -2.08. The van der Waals surface area contributed by atoms with Crippen LogP contribution in [0, 0.1) is 0 Å². The quantitative estimate of drug-likeness (QED) is 0.537. The Balaban J connectivity index is 2.94. The first-order chi connectivity index (χ1) is 10.2. The Morgan fingerprint density at radius 1 is 0.909 bits per heavy atom. The van der Waals surface area contributed by atoms with Crippen LogP contribution in [0.2, 0.25) is 0 Å². The predicted octanol–water partition coefficient (Wildman–Crippen LogP) is -0.168. The summed E-state index contributed by atoms with van der Waals surface area (Å²) in [6.07, 6.45) is -6.70. The predicted molar refractivity (Wildman–Crippen MR) is 65.5 cm³/mol. The Bertz CT molecular complexity index is 459. The molecule has 0 saturated carbocycles. The van der Waals surface area contributed by atoms with Crippen molar-refractivity contribution in [2.75, 3.05) is 6.61 Å². The summed E-state index contributed by atoms with van der Waals surface area (Å²) in [6, 6.07) is 0. The molecule has 0 aromatic heterocycles. The van der Waals surface area contributed by atoms with Crippen LogP contribution in [-0.4, -0.2) is 60.4 Å². The smallest absolute Gasteiger partial charge is 0.463 e. The number of ether oxygens (including phenoxy) is 5. The maximum atomic E-state index is 11.2. The number of carbonyl (C=O) groups excluding carboxylic acids is 3. The Morgan fingerprint density at radius 2 is 1.45 bits per heavy atom. The molecule has 0 amide bonds. The minimum atomic E-state index is -1.67. The number of carbonyl (C=O) groups is 4. The van der Waals surface area contributed by atoms with Crippen molar-refractivity contribution in [1.82, 2.24) is 0 Å². The molecule has 4 atom stereocenters. The van der Waals surface area contributed by atoms with Gasteiger partial charge in [-0.3, -0.25) is 14.4 Å². The Hall–Kier alpha value is -2.36. The van der Waals surface area contributed by atoms with E-state index >= 15 is 0 Å². The van der Waals surface area contributed by atoms with Gasteiger partial charge in [-0.05, 0) is 0 Å². The molecule has 124 valence electrons. The molecule has 1 N–H and O–H groups in total. The summed E-state index contributed by atoms with van der Waals surface area (Å²) in [7, 11) is 0. The number of rotatable bonds is 5. The highest BCUT2D eigenvalue weighted by molar-refractivity contribution is 5.68. The van der Waals surface area contributed by atoms with E-state index < -0.39 is 48.7 Å². The van der Waals surface area contributed by atoms with E-state index in [2.05, 4.69) is 4.74 Å². The lowest BCUT2D eigenvalue weighted by molar-refractivity contribution is -0.178. The monoisotopic (exact) mass is 320 g/mol. The maximum absolute atomic E-state index is 11.2. The Labute approximate surface area is 125 Å². The minimum Gasteiger partial charge on any atom is -0.463 e. The van der Waals surface area contributed by atoms with Gasteiger partial charge in [0.1, 0.15) is 12.7 Å². The third-order valence-corrected chi connectivity index (χ3v) is 2.54. The van der Waals surface area contributed by atoms with E-state index in [-0.39, 0.29) is 6.61 Å². The van der Waals surface area contributed by atoms with Crippen LogP contribution in [0.1, 0.15) is 20.8 Å². The lowest BCUT2D eigenvalue weighted by Gasteiger charge is -2.22. The standard InChI is InChI=1S/C12H16O10/c1-5(13)18-4-8-9(19-6(2)14)10(20-7(3)15)11(21-8)22-12(16)17/h8-11H,4H2,1-3H3,(H,16,17). The Morgan fingerprint density at radius 3 is 1.91 bits per heavy atom. The minimum absolute atomic E-state index is 0.329.